The van der Waals surface area contributed by atoms with Crippen LogP contribution in [0.5, 0.6) is 0 Å². The van der Waals surface area contributed by atoms with E-state index in [9.17, 15) is 0 Å². The number of ether oxygens (including phenoxy) is 1. The summed E-state index contributed by atoms with van der Waals surface area (Å²) >= 11 is 0. The molecule has 6 heteroatoms. The van der Waals surface area contributed by atoms with Crippen LogP contribution in [0.25, 0.3) is 11.5 Å². The Morgan fingerprint density at radius 3 is 3.10 bits per heavy atom. The summed E-state index contributed by atoms with van der Waals surface area (Å²) in [6.45, 7) is 4.38. The van der Waals surface area contributed by atoms with E-state index in [0.717, 1.165) is 54.6 Å². The average Bonchev–Trinajstić information content (AvgIpc) is 2.95. The molecule has 2 aromatic heterocycles. The smallest absolute Gasteiger partial charge is 0.180 e. The van der Waals surface area contributed by atoms with Gasteiger partial charge in [0.25, 0.3) is 0 Å². The monoisotopic (exact) mass is 273 g/mol. The number of nitrogens with zero attached hydrogens (tertiary/aromatic N) is 4. The molecule has 20 heavy (non-hydrogen) atoms. The molecule has 0 aliphatic carbocycles. The Morgan fingerprint density at radius 2 is 2.30 bits per heavy atom. The maximum Gasteiger partial charge on any atom is 0.180 e. The van der Waals surface area contributed by atoms with Crippen LogP contribution < -0.4 is 5.32 Å². The van der Waals surface area contributed by atoms with E-state index in [1.54, 1.807) is 0 Å². The summed E-state index contributed by atoms with van der Waals surface area (Å²) in [6, 6.07) is 0. The molecule has 0 atom stereocenters. The Kier molecular flexibility index (Phi) is 3.64. The van der Waals surface area contributed by atoms with Crippen molar-refractivity contribution >= 4 is 5.82 Å². The number of fused-ring (bicyclic) bond motifs is 1. The van der Waals surface area contributed by atoms with E-state index >= 15 is 0 Å². The quantitative estimate of drug-likeness (QED) is 0.921. The zero-order chi connectivity index (χ0) is 13.9. The molecule has 1 aliphatic heterocycles. The molecule has 2 aromatic rings. The zero-order valence-corrected chi connectivity index (χ0v) is 11.9. The van der Waals surface area contributed by atoms with Crippen LogP contribution in [0.2, 0.25) is 0 Å². The fraction of sp³-hybridized carbons (Fsp3) is 0.500. The topological polar surface area (TPSA) is 64.9 Å². The second-order valence-corrected chi connectivity index (χ2v) is 4.85. The van der Waals surface area contributed by atoms with Crippen molar-refractivity contribution in [1.82, 2.24) is 19.5 Å². The van der Waals surface area contributed by atoms with E-state index < -0.39 is 0 Å². The number of imidazole rings is 1. The second kappa shape index (κ2) is 5.58. The third-order valence-electron chi connectivity index (χ3n) is 3.47. The summed E-state index contributed by atoms with van der Waals surface area (Å²) in [6.07, 6.45) is 5.56. The van der Waals surface area contributed by atoms with Gasteiger partial charge in [0.15, 0.2) is 5.82 Å². The molecular formula is C14H19N5O. The third kappa shape index (κ3) is 2.27. The molecule has 0 amide bonds. The molecule has 0 spiro atoms. The third-order valence-corrected chi connectivity index (χ3v) is 3.47. The number of aryl methyl sites for hydroxylation is 1. The van der Waals surface area contributed by atoms with E-state index in [4.69, 9.17) is 9.72 Å². The maximum atomic E-state index is 5.49. The number of nitrogens with one attached hydrogen (secondary N) is 1. The van der Waals surface area contributed by atoms with Gasteiger partial charge in [0, 0.05) is 25.6 Å². The number of rotatable bonds is 4. The number of hydrogen-bond donors (Lipinski definition) is 1. The van der Waals surface area contributed by atoms with Gasteiger partial charge in [-0.1, -0.05) is 6.92 Å². The van der Waals surface area contributed by atoms with E-state index in [1.165, 1.54) is 0 Å². The lowest BCUT2D eigenvalue weighted by Crippen LogP contribution is -2.16. The highest BCUT2D eigenvalue weighted by molar-refractivity contribution is 5.56. The molecule has 1 N–H and O–H groups in total. The minimum Gasteiger partial charge on any atom is -0.376 e. The molecule has 0 fully saturated rings. The molecule has 0 bridgehead atoms. The molecule has 1 aliphatic rings. The Balaban J connectivity index is 2.07. The number of aromatic nitrogens is 4. The van der Waals surface area contributed by atoms with Gasteiger partial charge in [-0.2, -0.15) is 0 Å². The van der Waals surface area contributed by atoms with Crippen LogP contribution in [0.1, 0.15) is 24.6 Å². The molecule has 0 aromatic carbocycles. The van der Waals surface area contributed by atoms with Crippen LogP contribution in [-0.4, -0.2) is 33.2 Å². The van der Waals surface area contributed by atoms with Crippen molar-refractivity contribution in [2.45, 2.75) is 32.9 Å². The standard InChI is InChI=1S/C14H19N5O/c1-3-5-19-9-16-7-12(19)14-17-11-4-6-20-8-10(11)13(15-2)18-14/h7,9H,3-6,8H2,1-2H3,(H,15,17,18). The molecule has 3 rings (SSSR count). The minimum atomic E-state index is 0.583. The lowest BCUT2D eigenvalue weighted by Gasteiger charge is -2.19. The zero-order valence-electron chi connectivity index (χ0n) is 11.9. The van der Waals surface area contributed by atoms with Gasteiger partial charge in [0.1, 0.15) is 11.5 Å². The fourth-order valence-electron chi connectivity index (χ4n) is 2.48. The highest BCUT2D eigenvalue weighted by atomic mass is 16.5. The van der Waals surface area contributed by atoms with Gasteiger partial charge >= 0.3 is 0 Å². The average molecular weight is 273 g/mol. The van der Waals surface area contributed by atoms with Gasteiger partial charge in [-0.3, -0.25) is 0 Å². The van der Waals surface area contributed by atoms with Crippen LogP contribution in [0.15, 0.2) is 12.5 Å². The lowest BCUT2D eigenvalue weighted by molar-refractivity contribution is 0.109. The molecule has 0 saturated carbocycles. The van der Waals surface area contributed by atoms with Gasteiger partial charge < -0.3 is 14.6 Å². The SMILES string of the molecule is CCCn1cncc1-c1nc2c(c(NC)n1)COCC2. The summed E-state index contributed by atoms with van der Waals surface area (Å²) in [4.78, 5) is 13.6. The number of hydrogen-bond acceptors (Lipinski definition) is 5. The summed E-state index contributed by atoms with van der Waals surface area (Å²) in [7, 11) is 1.88. The van der Waals surface area contributed by atoms with Crippen molar-refractivity contribution in [3.63, 3.8) is 0 Å². The van der Waals surface area contributed by atoms with Crippen LogP contribution in [0.3, 0.4) is 0 Å². The van der Waals surface area contributed by atoms with E-state index in [1.807, 2.05) is 19.6 Å². The largest absolute Gasteiger partial charge is 0.376 e. The molecule has 0 radical (unpaired) electrons. The summed E-state index contributed by atoms with van der Waals surface area (Å²) in [5.74, 6) is 1.59. The molecule has 3 heterocycles. The normalized spacial score (nSPS) is 14.1. The predicted molar refractivity (Wildman–Crippen MR) is 76.5 cm³/mol. The van der Waals surface area contributed by atoms with E-state index in [0.29, 0.717) is 6.61 Å². The highest BCUT2D eigenvalue weighted by Gasteiger charge is 2.19. The Hall–Kier alpha value is -1.95. The van der Waals surface area contributed by atoms with Gasteiger partial charge in [0.2, 0.25) is 0 Å². The first-order chi connectivity index (χ1) is 9.83. The van der Waals surface area contributed by atoms with Crippen molar-refractivity contribution in [2.24, 2.45) is 0 Å². The first-order valence-electron chi connectivity index (χ1n) is 6.99. The molecule has 106 valence electrons. The molecule has 6 nitrogen and oxygen atoms in total. The van der Waals surface area contributed by atoms with Gasteiger partial charge in [0.05, 0.1) is 31.4 Å². The maximum absolute atomic E-state index is 5.49. The van der Waals surface area contributed by atoms with Crippen molar-refractivity contribution in [1.29, 1.82) is 0 Å². The number of anilines is 1. The Bertz CT molecular complexity index is 590. The van der Waals surface area contributed by atoms with Crippen molar-refractivity contribution < 1.29 is 4.74 Å². The lowest BCUT2D eigenvalue weighted by atomic mass is 10.1. The van der Waals surface area contributed by atoms with Crippen LogP contribution >= 0.6 is 0 Å². The second-order valence-electron chi connectivity index (χ2n) is 4.85. The Labute approximate surface area is 118 Å². The fourth-order valence-corrected chi connectivity index (χ4v) is 2.48. The highest BCUT2D eigenvalue weighted by Crippen LogP contribution is 2.25. The summed E-state index contributed by atoms with van der Waals surface area (Å²) in [5.41, 5.74) is 3.12. The first-order valence-corrected chi connectivity index (χ1v) is 6.99. The van der Waals surface area contributed by atoms with Gasteiger partial charge in [-0.25, -0.2) is 15.0 Å². The van der Waals surface area contributed by atoms with Crippen molar-refractivity contribution in [3.05, 3.63) is 23.8 Å². The van der Waals surface area contributed by atoms with E-state index in [-0.39, 0.29) is 0 Å². The van der Waals surface area contributed by atoms with Gasteiger partial charge in [-0.05, 0) is 6.42 Å². The predicted octanol–water partition coefficient (Wildman–Crippen LogP) is 1.86. The molecule has 0 unspecified atom stereocenters. The first kappa shape index (κ1) is 13.1. The minimum absolute atomic E-state index is 0.583. The van der Waals surface area contributed by atoms with Crippen LogP contribution in [0.4, 0.5) is 5.82 Å². The van der Waals surface area contributed by atoms with Crippen LogP contribution in [-0.2, 0) is 24.3 Å². The summed E-state index contributed by atoms with van der Waals surface area (Å²) in [5, 5.41) is 3.15. The molecule has 0 saturated heterocycles. The van der Waals surface area contributed by atoms with Crippen molar-refractivity contribution in [3.8, 4) is 11.5 Å². The van der Waals surface area contributed by atoms with Crippen LogP contribution in [0, 0.1) is 0 Å². The van der Waals surface area contributed by atoms with E-state index in [2.05, 4.69) is 26.8 Å². The Morgan fingerprint density at radius 1 is 1.40 bits per heavy atom. The van der Waals surface area contributed by atoms with Crippen molar-refractivity contribution in [2.75, 3.05) is 19.0 Å². The molecular weight excluding hydrogens is 254 g/mol. The van der Waals surface area contributed by atoms with Gasteiger partial charge in [-0.15, -0.1) is 0 Å². The summed E-state index contributed by atoms with van der Waals surface area (Å²) < 4.78 is 7.59.